The van der Waals surface area contributed by atoms with Crippen molar-refractivity contribution in [3.8, 4) is 17.5 Å². The van der Waals surface area contributed by atoms with Gasteiger partial charge in [-0.2, -0.15) is 5.26 Å². The van der Waals surface area contributed by atoms with Gasteiger partial charge in [-0.05, 0) is 12.5 Å². The van der Waals surface area contributed by atoms with E-state index in [-0.39, 0.29) is 0 Å². The molecule has 0 spiro atoms. The molecule has 0 atom stereocenters. The van der Waals surface area contributed by atoms with Crippen LogP contribution in [0.15, 0.2) is 30.5 Å². The van der Waals surface area contributed by atoms with Crippen LogP contribution in [0.1, 0.15) is 11.3 Å². The molecule has 2 rings (SSSR count). The van der Waals surface area contributed by atoms with Crippen molar-refractivity contribution in [1.82, 2.24) is 9.55 Å². The molecule has 80 valence electrons. The van der Waals surface area contributed by atoms with Crippen molar-refractivity contribution in [2.45, 2.75) is 13.3 Å². The highest BCUT2D eigenvalue weighted by Gasteiger charge is 2.08. The Hall–Kier alpha value is -2.08. The highest BCUT2D eigenvalue weighted by atomic mass is 15.0. The molecule has 0 aliphatic rings. The summed E-state index contributed by atoms with van der Waals surface area (Å²) in [7, 11) is 1.95. The molecule has 0 aliphatic carbocycles. The fraction of sp³-hybridized carbons (Fsp3) is 0.231. The summed E-state index contributed by atoms with van der Waals surface area (Å²) in [6.45, 7) is 2.06. The Morgan fingerprint density at radius 2 is 2.12 bits per heavy atom. The first-order chi connectivity index (χ1) is 7.72. The van der Waals surface area contributed by atoms with Crippen molar-refractivity contribution in [2.75, 3.05) is 0 Å². The fourth-order valence-electron chi connectivity index (χ4n) is 1.77. The monoisotopic (exact) mass is 211 g/mol. The minimum Gasteiger partial charge on any atom is -0.334 e. The van der Waals surface area contributed by atoms with Gasteiger partial charge in [-0.3, -0.25) is 0 Å². The normalized spacial score (nSPS) is 10.1. The quantitative estimate of drug-likeness (QED) is 0.765. The van der Waals surface area contributed by atoms with E-state index in [1.807, 2.05) is 36.0 Å². The predicted molar refractivity (Wildman–Crippen MR) is 62.7 cm³/mol. The molecule has 2 aromatic rings. The van der Waals surface area contributed by atoms with Gasteiger partial charge in [0.25, 0.3) is 0 Å². The van der Waals surface area contributed by atoms with Gasteiger partial charge in [0.2, 0.25) is 0 Å². The summed E-state index contributed by atoms with van der Waals surface area (Å²) < 4.78 is 1.97. The number of rotatable bonds is 2. The summed E-state index contributed by atoms with van der Waals surface area (Å²) in [5.74, 6) is 0.920. The van der Waals surface area contributed by atoms with Crippen LogP contribution in [-0.4, -0.2) is 9.55 Å². The Labute approximate surface area is 95.0 Å². The van der Waals surface area contributed by atoms with Crippen molar-refractivity contribution in [1.29, 1.82) is 5.26 Å². The zero-order valence-corrected chi connectivity index (χ0v) is 9.44. The van der Waals surface area contributed by atoms with Gasteiger partial charge in [0, 0.05) is 18.8 Å². The second-order valence-electron chi connectivity index (χ2n) is 3.82. The molecule has 3 nitrogen and oxygen atoms in total. The molecule has 0 amide bonds. The van der Waals surface area contributed by atoms with Crippen LogP contribution < -0.4 is 0 Å². The third kappa shape index (κ3) is 1.82. The maximum atomic E-state index is 8.65. The molecule has 0 fully saturated rings. The van der Waals surface area contributed by atoms with E-state index in [1.165, 1.54) is 5.56 Å². The lowest BCUT2D eigenvalue weighted by Crippen LogP contribution is -1.92. The van der Waals surface area contributed by atoms with Gasteiger partial charge in [0.1, 0.15) is 5.82 Å². The Bertz CT molecular complexity index is 547. The number of aryl methyl sites for hydroxylation is 2. The Morgan fingerprint density at radius 3 is 2.81 bits per heavy atom. The van der Waals surface area contributed by atoms with Crippen molar-refractivity contribution in [3.63, 3.8) is 0 Å². The minimum atomic E-state index is 0.361. The van der Waals surface area contributed by atoms with E-state index in [4.69, 9.17) is 5.26 Å². The largest absolute Gasteiger partial charge is 0.334 e. The van der Waals surface area contributed by atoms with Crippen LogP contribution in [0.25, 0.3) is 11.4 Å². The molecule has 0 radical (unpaired) electrons. The molecule has 3 heteroatoms. The highest BCUT2D eigenvalue weighted by Crippen LogP contribution is 2.21. The minimum absolute atomic E-state index is 0.361. The zero-order chi connectivity index (χ0) is 11.5. The second kappa shape index (κ2) is 4.19. The van der Waals surface area contributed by atoms with Crippen LogP contribution in [-0.2, 0) is 13.5 Å². The third-order valence-corrected chi connectivity index (χ3v) is 2.57. The molecule has 0 saturated heterocycles. The number of imidazole rings is 1. The summed E-state index contributed by atoms with van der Waals surface area (Å²) >= 11 is 0. The summed E-state index contributed by atoms with van der Waals surface area (Å²) in [4.78, 5) is 4.47. The van der Waals surface area contributed by atoms with Crippen LogP contribution in [0, 0.1) is 18.3 Å². The maximum absolute atomic E-state index is 8.65. The molecule has 1 aromatic heterocycles. The Morgan fingerprint density at radius 1 is 1.38 bits per heavy atom. The van der Waals surface area contributed by atoms with Crippen molar-refractivity contribution >= 4 is 0 Å². The van der Waals surface area contributed by atoms with Gasteiger partial charge in [0.15, 0.2) is 0 Å². The van der Waals surface area contributed by atoms with E-state index in [0.717, 1.165) is 17.1 Å². The topological polar surface area (TPSA) is 41.6 Å². The summed E-state index contributed by atoms with van der Waals surface area (Å²) in [6, 6.07) is 10.2. The number of hydrogen-bond acceptors (Lipinski definition) is 2. The van der Waals surface area contributed by atoms with Crippen LogP contribution in [0.3, 0.4) is 0 Å². The van der Waals surface area contributed by atoms with Gasteiger partial charge in [0.05, 0.1) is 18.2 Å². The summed E-state index contributed by atoms with van der Waals surface area (Å²) in [5, 5.41) is 8.65. The van der Waals surface area contributed by atoms with Crippen LogP contribution in [0.5, 0.6) is 0 Å². The van der Waals surface area contributed by atoms with Gasteiger partial charge < -0.3 is 4.57 Å². The van der Waals surface area contributed by atoms with E-state index in [9.17, 15) is 0 Å². The van der Waals surface area contributed by atoms with Gasteiger partial charge in [-0.25, -0.2) is 4.98 Å². The number of nitriles is 1. The first-order valence-corrected chi connectivity index (χ1v) is 5.17. The van der Waals surface area contributed by atoms with E-state index in [0.29, 0.717) is 6.42 Å². The van der Waals surface area contributed by atoms with Crippen LogP contribution in [0.4, 0.5) is 0 Å². The summed E-state index contributed by atoms with van der Waals surface area (Å²) in [5.41, 5.74) is 3.14. The van der Waals surface area contributed by atoms with Crippen molar-refractivity contribution < 1.29 is 0 Å². The van der Waals surface area contributed by atoms with E-state index in [2.05, 4.69) is 24.0 Å². The fourth-order valence-corrected chi connectivity index (χ4v) is 1.77. The number of benzene rings is 1. The summed E-state index contributed by atoms with van der Waals surface area (Å²) in [6.07, 6.45) is 2.27. The van der Waals surface area contributed by atoms with Crippen LogP contribution in [0.2, 0.25) is 0 Å². The molecule has 1 heterocycles. The molecule has 0 aliphatic heterocycles. The average molecular weight is 211 g/mol. The molecule has 16 heavy (non-hydrogen) atoms. The lowest BCUT2D eigenvalue weighted by atomic mass is 10.1. The number of nitrogens with zero attached hydrogens (tertiary/aromatic N) is 3. The second-order valence-corrected chi connectivity index (χ2v) is 3.82. The first-order valence-electron chi connectivity index (χ1n) is 5.17. The molecule has 0 bridgehead atoms. The molecule has 0 saturated carbocycles. The average Bonchev–Trinajstić information content (AvgIpc) is 2.61. The molecular formula is C13H13N3. The molecule has 0 N–H and O–H groups in total. The van der Waals surface area contributed by atoms with Crippen molar-refractivity contribution in [3.05, 3.63) is 41.7 Å². The van der Waals surface area contributed by atoms with Gasteiger partial charge in [-0.1, -0.05) is 24.3 Å². The maximum Gasteiger partial charge on any atom is 0.140 e. The lowest BCUT2D eigenvalue weighted by molar-refractivity contribution is 0.922. The van der Waals surface area contributed by atoms with Gasteiger partial charge in [-0.15, -0.1) is 0 Å². The number of hydrogen-bond donors (Lipinski definition) is 0. The third-order valence-electron chi connectivity index (χ3n) is 2.57. The van der Waals surface area contributed by atoms with E-state index in [1.54, 1.807) is 0 Å². The highest BCUT2D eigenvalue weighted by molar-refractivity contribution is 5.60. The van der Waals surface area contributed by atoms with E-state index < -0.39 is 0 Å². The SMILES string of the molecule is Cc1ccccc1-c1nc(CC#N)cn1C. The lowest BCUT2D eigenvalue weighted by Gasteiger charge is -2.04. The number of aromatic nitrogens is 2. The smallest absolute Gasteiger partial charge is 0.140 e. The molecule has 1 aromatic carbocycles. The first kappa shape index (κ1) is 10.4. The van der Waals surface area contributed by atoms with Crippen LogP contribution >= 0.6 is 0 Å². The predicted octanol–water partition coefficient (Wildman–Crippen LogP) is 2.46. The zero-order valence-electron chi connectivity index (χ0n) is 9.44. The molecule has 0 unspecified atom stereocenters. The van der Waals surface area contributed by atoms with E-state index >= 15 is 0 Å². The van der Waals surface area contributed by atoms with Crippen molar-refractivity contribution in [2.24, 2.45) is 7.05 Å². The Kier molecular flexibility index (Phi) is 2.74. The van der Waals surface area contributed by atoms with Gasteiger partial charge >= 0.3 is 0 Å². The Balaban J connectivity index is 2.49. The standard InChI is InChI=1S/C13H13N3/c1-10-5-3-4-6-12(10)13-15-11(7-8-14)9-16(13)2/h3-6,9H,7H2,1-2H3. The molecular weight excluding hydrogens is 198 g/mol.